The van der Waals surface area contributed by atoms with Crippen LogP contribution in [-0.2, 0) is 10.3 Å². The van der Waals surface area contributed by atoms with Crippen LogP contribution in [-0.4, -0.2) is 26.1 Å². The molecule has 0 spiro atoms. The molecule has 1 aromatic carbocycles. The Morgan fingerprint density at radius 3 is 2.60 bits per heavy atom. The molecule has 136 valence electrons. The van der Waals surface area contributed by atoms with Gasteiger partial charge in [0.05, 0.1) is 5.54 Å². The molecule has 2 rings (SSSR count). The van der Waals surface area contributed by atoms with Crippen molar-refractivity contribution in [1.82, 2.24) is 20.2 Å². The molecule has 1 unspecified atom stereocenters. The Kier molecular flexibility index (Phi) is 6.32. The van der Waals surface area contributed by atoms with Gasteiger partial charge in [0.1, 0.15) is 0 Å². The SMILES string of the molecule is CCCC(CC)C(=O)Nc1cc(Br)cc(-c2nnnn2C(C)(C)C)c1. The first kappa shape index (κ1) is 19.6. The first-order chi connectivity index (χ1) is 11.8. The van der Waals surface area contributed by atoms with Gasteiger partial charge in [-0.2, -0.15) is 0 Å². The van der Waals surface area contributed by atoms with Crippen molar-refractivity contribution in [2.75, 3.05) is 5.32 Å². The standard InChI is InChI=1S/C18H26BrN5O/c1-6-8-12(7-2)17(25)20-15-10-13(9-14(19)11-15)16-21-22-23-24(16)18(3,4)5/h9-12H,6-8H2,1-5H3,(H,20,25). The third-order valence-electron chi connectivity index (χ3n) is 4.03. The monoisotopic (exact) mass is 407 g/mol. The zero-order valence-corrected chi connectivity index (χ0v) is 17.1. The van der Waals surface area contributed by atoms with Crippen LogP contribution in [0.2, 0.25) is 0 Å². The fourth-order valence-electron chi connectivity index (χ4n) is 2.72. The van der Waals surface area contributed by atoms with Crippen LogP contribution in [0.3, 0.4) is 0 Å². The molecule has 0 aliphatic heterocycles. The van der Waals surface area contributed by atoms with Crippen molar-refractivity contribution in [2.45, 2.75) is 59.4 Å². The molecule has 1 atom stereocenters. The summed E-state index contributed by atoms with van der Waals surface area (Å²) in [5.74, 6) is 0.765. The normalized spacial score (nSPS) is 12.9. The van der Waals surface area contributed by atoms with E-state index in [9.17, 15) is 4.79 Å². The number of benzene rings is 1. The van der Waals surface area contributed by atoms with Gasteiger partial charge < -0.3 is 5.32 Å². The van der Waals surface area contributed by atoms with E-state index in [1.165, 1.54) is 0 Å². The van der Waals surface area contributed by atoms with Crippen LogP contribution in [0.25, 0.3) is 11.4 Å². The van der Waals surface area contributed by atoms with Crippen molar-refractivity contribution in [3.05, 3.63) is 22.7 Å². The van der Waals surface area contributed by atoms with E-state index in [1.54, 1.807) is 4.68 Å². The number of anilines is 1. The van der Waals surface area contributed by atoms with Crippen molar-refractivity contribution in [3.8, 4) is 11.4 Å². The first-order valence-electron chi connectivity index (χ1n) is 8.67. The minimum atomic E-state index is -0.237. The summed E-state index contributed by atoms with van der Waals surface area (Å²) in [5.41, 5.74) is 1.36. The highest BCUT2D eigenvalue weighted by atomic mass is 79.9. The van der Waals surface area contributed by atoms with Crippen LogP contribution >= 0.6 is 15.9 Å². The van der Waals surface area contributed by atoms with E-state index in [4.69, 9.17) is 0 Å². The number of carbonyl (C=O) groups excluding carboxylic acids is 1. The summed E-state index contributed by atoms with van der Waals surface area (Å²) >= 11 is 3.52. The molecule has 0 aliphatic carbocycles. The third kappa shape index (κ3) is 4.87. The number of amides is 1. The number of hydrogen-bond acceptors (Lipinski definition) is 4. The topological polar surface area (TPSA) is 72.7 Å². The minimum absolute atomic E-state index is 0.0346. The highest BCUT2D eigenvalue weighted by Gasteiger charge is 2.22. The van der Waals surface area contributed by atoms with E-state index >= 15 is 0 Å². The van der Waals surface area contributed by atoms with Crippen molar-refractivity contribution in [3.63, 3.8) is 0 Å². The van der Waals surface area contributed by atoms with Crippen LogP contribution < -0.4 is 5.32 Å². The van der Waals surface area contributed by atoms with Crippen LogP contribution in [0.5, 0.6) is 0 Å². The van der Waals surface area contributed by atoms with Crippen molar-refractivity contribution >= 4 is 27.5 Å². The number of carbonyl (C=O) groups is 1. The molecule has 1 N–H and O–H groups in total. The lowest BCUT2D eigenvalue weighted by Gasteiger charge is -2.20. The average molecular weight is 408 g/mol. The van der Waals surface area contributed by atoms with Gasteiger partial charge in [0.25, 0.3) is 0 Å². The number of nitrogens with one attached hydrogen (secondary N) is 1. The zero-order chi connectivity index (χ0) is 18.6. The number of hydrogen-bond donors (Lipinski definition) is 1. The Morgan fingerprint density at radius 2 is 2.00 bits per heavy atom. The van der Waals surface area contributed by atoms with Gasteiger partial charge in [-0.25, -0.2) is 4.68 Å². The summed E-state index contributed by atoms with van der Waals surface area (Å²) in [4.78, 5) is 12.5. The van der Waals surface area contributed by atoms with E-state index in [0.717, 1.165) is 35.0 Å². The molecule has 25 heavy (non-hydrogen) atoms. The second-order valence-corrected chi connectivity index (χ2v) is 8.11. The first-order valence-corrected chi connectivity index (χ1v) is 9.46. The van der Waals surface area contributed by atoms with Gasteiger partial charge in [-0.3, -0.25) is 4.79 Å². The second kappa shape index (κ2) is 8.08. The maximum atomic E-state index is 12.5. The fraction of sp³-hybridized carbons (Fsp3) is 0.556. The predicted octanol–water partition coefficient (Wildman–Crippen LogP) is 4.62. The largest absolute Gasteiger partial charge is 0.326 e. The Balaban J connectivity index is 2.33. The highest BCUT2D eigenvalue weighted by molar-refractivity contribution is 9.10. The van der Waals surface area contributed by atoms with Crippen LogP contribution in [0.4, 0.5) is 5.69 Å². The number of aromatic nitrogens is 4. The summed E-state index contributed by atoms with van der Waals surface area (Å²) in [5, 5.41) is 15.1. The van der Waals surface area contributed by atoms with Gasteiger partial charge in [-0.1, -0.05) is 36.2 Å². The van der Waals surface area contributed by atoms with Gasteiger partial charge in [-0.05, 0) is 62.2 Å². The fourth-order valence-corrected chi connectivity index (χ4v) is 3.22. The van der Waals surface area contributed by atoms with Gasteiger partial charge in [-0.15, -0.1) is 5.10 Å². The van der Waals surface area contributed by atoms with Crippen LogP contribution in [0.15, 0.2) is 22.7 Å². The molecule has 1 amide bonds. The average Bonchev–Trinajstić information content (AvgIpc) is 3.01. The number of rotatable bonds is 6. The predicted molar refractivity (Wildman–Crippen MR) is 103 cm³/mol. The Morgan fingerprint density at radius 1 is 1.28 bits per heavy atom. The second-order valence-electron chi connectivity index (χ2n) is 7.20. The van der Waals surface area contributed by atoms with E-state index in [-0.39, 0.29) is 17.4 Å². The molecule has 0 saturated carbocycles. The van der Waals surface area contributed by atoms with Crippen molar-refractivity contribution in [1.29, 1.82) is 0 Å². The summed E-state index contributed by atoms with van der Waals surface area (Å²) in [6.07, 6.45) is 2.73. The minimum Gasteiger partial charge on any atom is -0.326 e. The molecular weight excluding hydrogens is 382 g/mol. The van der Waals surface area contributed by atoms with Crippen LogP contribution in [0.1, 0.15) is 53.9 Å². The van der Waals surface area contributed by atoms with Gasteiger partial charge in [0, 0.05) is 21.6 Å². The third-order valence-corrected chi connectivity index (χ3v) is 4.49. The van der Waals surface area contributed by atoms with E-state index in [0.29, 0.717) is 5.82 Å². The summed E-state index contributed by atoms with van der Waals surface area (Å²) < 4.78 is 2.65. The van der Waals surface area contributed by atoms with Gasteiger partial charge in [0.2, 0.25) is 5.91 Å². The molecule has 6 nitrogen and oxygen atoms in total. The van der Waals surface area contributed by atoms with Crippen molar-refractivity contribution in [2.24, 2.45) is 5.92 Å². The molecule has 7 heteroatoms. The Hall–Kier alpha value is -1.76. The number of halogens is 1. The lowest BCUT2D eigenvalue weighted by Crippen LogP contribution is -2.24. The van der Waals surface area contributed by atoms with Gasteiger partial charge >= 0.3 is 0 Å². The van der Waals surface area contributed by atoms with Crippen molar-refractivity contribution < 1.29 is 4.79 Å². The molecule has 0 bridgehead atoms. The summed E-state index contributed by atoms with van der Waals surface area (Å²) in [6.45, 7) is 10.3. The lowest BCUT2D eigenvalue weighted by molar-refractivity contribution is -0.120. The molecule has 0 saturated heterocycles. The number of nitrogens with zero attached hydrogens (tertiary/aromatic N) is 4. The van der Waals surface area contributed by atoms with E-state index in [2.05, 4.69) is 43.7 Å². The molecule has 0 aliphatic rings. The zero-order valence-electron chi connectivity index (χ0n) is 15.5. The van der Waals surface area contributed by atoms with E-state index < -0.39 is 0 Å². The molecular formula is C18H26BrN5O. The maximum Gasteiger partial charge on any atom is 0.227 e. The Bertz CT molecular complexity index is 735. The summed E-state index contributed by atoms with van der Waals surface area (Å²) in [7, 11) is 0. The van der Waals surface area contributed by atoms with Gasteiger partial charge in [0.15, 0.2) is 5.82 Å². The number of tetrazole rings is 1. The maximum absolute atomic E-state index is 12.5. The van der Waals surface area contributed by atoms with E-state index in [1.807, 2.05) is 45.9 Å². The molecule has 0 fully saturated rings. The molecule has 0 radical (unpaired) electrons. The van der Waals surface area contributed by atoms with Crippen LogP contribution in [0, 0.1) is 5.92 Å². The Labute approximate surface area is 157 Å². The lowest BCUT2D eigenvalue weighted by atomic mass is 10.00. The smallest absolute Gasteiger partial charge is 0.227 e. The molecule has 2 aromatic rings. The summed E-state index contributed by atoms with van der Waals surface area (Å²) in [6, 6.07) is 5.76. The molecule has 1 aromatic heterocycles. The quantitative estimate of drug-likeness (QED) is 0.757. The molecule has 1 heterocycles. The highest BCUT2D eigenvalue weighted by Crippen LogP contribution is 2.29.